The van der Waals surface area contributed by atoms with Crippen molar-refractivity contribution in [2.45, 2.75) is 63.9 Å². The maximum Gasteiger partial charge on any atom is 0.146 e. The van der Waals surface area contributed by atoms with Crippen LogP contribution in [0.3, 0.4) is 0 Å². The van der Waals surface area contributed by atoms with Crippen molar-refractivity contribution in [1.82, 2.24) is 0 Å². The van der Waals surface area contributed by atoms with Crippen LogP contribution in [-0.4, -0.2) is 39.1 Å². The molecule has 1 aliphatic heterocycles. The first-order valence-corrected chi connectivity index (χ1v) is 16.1. The standard InChI is InChI=1S/C31H36O4Si/c1-36(2,3)20-19-28-30(33-22-26-15-9-5-10-16-26)31(34-23-27-17-11-6-12-18-27)29(35-28)24-32-21-25-13-7-4-8-14-25/h4-18,28-31H,21-24H2,1-3H3/t28-,29-,30-,31-/m1/s1. The Labute approximate surface area is 216 Å². The van der Waals surface area contributed by atoms with Crippen LogP contribution >= 0.6 is 0 Å². The maximum absolute atomic E-state index is 6.48. The molecule has 5 heteroatoms. The minimum atomic E-state index is -1.59. The third-order valence-electron chi connectivity index (χ3n) is 5.86. The van der Waals surface area contributed by atoms with Gasteiger partial charge in [-0.1, -0.05) is 117 Å². The Balaban J connectivity index is 1.52. The Morgan fingerprint density at radius 2 is 1.14 bits per heavy atom. The second kappa shape index (κ2) is 13.0. The highest BCUT2D eigenvalue weighted by Crippen LogP contribution is 2.29. The van der Waals surface area contributed by atoms with Gasteiger partial charge in [0.25, 0.3) is 0 Å². The average molecular weight is 501 g/mol. The van der Waals surface area contributed by atoms with E-state index in [2.05, 4.69) is 67.5 Å². The fraction of sp³-hybridized carbons (Fsp3) is 0.355. The molecular formula is C31H36O4Si. The smallest absolute Gasteiger partial charge is 0.146 e. The monoisotopic (exact) mass is 500 g/mol. The SMILES string of the molecule is C[Si](C)(C)C#C[C@H]1O[C@H](COCc2ccccc2)[C@@H](OCc2ccccc2)[C@@H]1OCc1ccccc1. The van der Waals surface area contributed by atoms with Crippen molar-refractivity contribution in [3.63, 3.8) is 0 Å². The van der Waals surface area contributed by atoms with Gasteiger partial charge in [0.05, 0.1) is 26.4 Å². The molecule has 0 bridgehead atoms. The second-order valence-corrected chi connectivity index (χ2v) is 14.9. The molecule has 0 radical (unpaired) electrons. The van der Waals surface area contributed by atoms with Crippen LogP contribution in [0.25, 0.3) is 0 Å². The fourth-order valence-electron chi connectivity index (χ4n) is 4.05. The van der Waals surface area contributed by atoms with E-state index in [9.17, 15) is 0 Å². The third kappa shape index (κ3) is 8.16. The van der Waals surface area contributed by atoms with E-state index in [4.69, 9.17) is 18.9 Å². The van der Waals surface area contributed by atoms with Crippen LogP contribution in [0.2, 0.25) is 19.6 Å². The zero-order chi connectivity index (χ0) is 25.2. The molecule has 3 aromatic rings. The number of rotatable bonds is 10. The van der Waals surface area contributed by atoms with Crippen LogP contribution in [0.5, 0.6) is 0 Å². The lowest BCUT2D eigenvalue weighted by atomic mass is 10.1. The van der Waals surface area contributed by atoms with Crippen molar-refractivity contribution < 1.29 is 18.9 Å². The van der Waals surface area contributed by atoms with Crippen molar-refractivity contribution in [3.05, 3.63) is 108 Å². The van der Waals surface area contributed by atoms with Crippen LogP contribution in [0, 0.1) is 11.5 Å². The quantitative estimate of drug-likeness (QED) is 0.252. The summed E-state index contributed by atoms with van der Waals surface area (Å²) in [5.74, 6) is 3.40. The van der Waals surface area contributed by atoms with E-state index in [-0.39, 0.29) is 24.4 Å². The van der Waals surface area contributed by atoms with Crippen molar-refractivity contribution in [2.75, 3.05) is 6.61 Å². The van der Waals surface area contributed by atoms with Crippen LogP contribution in [0.1, 0.15) is 16.7 Å². The zero-order valence-corrected chi connectivity index (χ0v) is 22.4. The number of ether oxygens (including phenoxy) is 4. The lowest BCUT2D eigenvalue weighted by Crippen LogP contribution is -2.39. The Morgan fingerprint density at radius 3 is 1.64 bits per heavy atom. The second-order valence-electron chi connectivity index (χ2n) is 10.1. The van der Waals surface area contributed by atoms with E-state index in [1.54, 1.807) is 0 Å². The average Bonchev–Trinajstić information content (AvgIpc) is 3.22. The topological polar surface area (TPSA) is 36.9 Å². The Hall–Kier alpha value is -2.72. The van der Waals surface area contributed by atoms with E-state index in [0.717, 1.165) is 16.7 Å². The summed E-state index contributed by atoms with van der Waals surface area (Å²) in [4.78, 5) is 0. The largest absolute Gasteiger partial charge is 0.374 e. The molecule has 188 valence electrons. The molecule has 4 atom stereocenters. The Morgan fingerprint density at radius 1 is 0.667 bits per heavy atom. The van der Waals surface area contributed by atoms with Gasteiger partial charge >= 0.3 is 0 Å². The molecule has 0 saturated carbocycles. The van der Waals surface area contributed by atoms with E-state index in [1.807, 2.05) is 54.6 Å². The van der Waals surface area contributed by atoms with Crippen molar-refractivity contribution >= 4 is 8.07 Å². The molecule has 1 saturated heterocycles. The Bertz CT molecular complexity index is 1100. The molecule has 4 nitrogen and oxygen atoms in total. The molecule has 0 unspecified atom stereocenters. The first kappa shape index (κ1) is 26.3. The van der Waals surface area contributed by atoms with E-state index < -0.39 is 8.07 Å². The molecular weight excluding hydrogens is 464 g/mol. The summed E-state index contributed by atoms with van der Waals surface area (Å²) >= 11 is 0. The van der Waals surface area contributed by atoms with E-state index in [0.29, 0.717) is 26.4 Å². The summed E-state index contributed by atoms with van der Waals surface area (Å²) in [7, 11) is -1.59. The Kier molecular flexibility index (Phi) is 9.52. The lowest BCUT2D eigenvalue weighted by molar-refractivity contribution is -0.0896. The molecule has 3 aromatic carbocycles. The van der Waals surface area contributed by atoms with Crippen molar-refractivity contribution in [1.29, 1.82) is 0 Å². The van der Waals surface area contributed by atoms with Crippen molar-refractivity contribution in [3.8, 4) is 11.5 Å². The first-order valence-electron chi connectivity index (χ1n) is 12.6. The van der Waals surface area contributed by atoms with Crippen LogP contribution in [0.15, 0.2) is 91.0 Å². The minimum Gasteiger partial charge on any atom is -0.374 e. The summed E-state index contributed by atoms with van der Waals surface area (Å²) in [5.41, 5.74) is 6.83. The fourth-order valence-corrected chi connectivity index (χ4v) is 4.63. The number of hydrogen-bond acceptors (Lipinski definition) is 4. The predicted octanol–water partition coefficient (Wildman–Crippen LogP) is 6.02. The van der Waals surface area contributed by atoms with Crippen LogP contribution in [0.4, 0.5) is 0 Å². The van der Waals surface area contributed by atoms with Gasteiger partial charge in [-0.3, -0.25) is 0 Å². The van der Waals surface area contributed by atoms with Gasteiger partial charge in [0.2, 0.25) is 0 Å². The van der Waals surface area contributed by atoms with Gasteiger partial charge in [-0.15, -0.1) is 5.54 Å². The highest BCUT2D eigenvalue weighted by Gasteiger charge is 2.46. The molecule has 0 aliphatic carbocycles. The molecule has 1 fully saturated rings. The van der Waals surface area contributed by atoms with Crippen LogP contribution < -0.4 is 0 Å². The summed E-state index contributed by atoms with van der Waals surface area (Å²) in [6, 6.07) is 30.6. The van der Waals surface area contributed by atoms with Crippen LogP contribution in [-0.2, 0) is 38.8 Å². The van der Waals surface area contributed by atoms with E-state index in [1.165, 1.54) is 0 Å². The molecule has 0 aromatic heterocycles. The summed E-state index contributed by atoms with van der Waals surface area (Å²) in [6.45, 7) is 8.58. The van der Waals surface area contributed by atoms with Gasteiger partial charge in [-0.2, -0.15) is 0 Å². The highest BCUT2D eigenvalue weighted by atomic mass is 28.3. The molecule has 0 spiro atoms. The highest BCUT2D eigenvalue weighted by molar-refractivity contribution is 6.83. The van der Waals surface area contributed by atoms with Gasteiger partial charge in [-0.25, -0.2) is 0 Å². The molecule has 1 heterocycles. The summed E-state index contributed by atoms with van der Waals surface area (Å²) in [6.07, 6.45) is -1.26. The van der Waals surface area contributed by atoms with Gasteiger partial charge in [0.1, 0.15) is 32.5 Å². The van der Waals surface area contributed by atoms with Gasteiger partial charge in [0.15, 0.2) is 0 Å². The normalized spacial score (nSPS) is 21.6. The first-order chi connectivity index (χ1) is 17.5. The molecule has 0 N–H and O–H groups in total. The zero-order valence-electron chi connectivity index (χ0n) is 21.4. The van der Waals surface area contributed by atoms with Gasteiger partial charge in [0, 0.05) is 0 Å². The number of hydrogen-bond donors (Lipinski definition) is 0. The predicted molar refractivity (Wildman–Crippen MR) is 146 cm³/mol. The lowest BCUT2D eigenvalue weighted by Gasteiger charge is -2.24. The molecule has 4 rings (SSSR count). The molecule has 1 aliphatic rings. The van der Waals surface area contributed by atoms with Gasteiger partial charge < -0.3 is 18.9 Å². The van der Waals surface area contributed by atoms with Crippen molar-refractivity contribution in [2.24, 2.45) is 0 Å². The molecule has 0 amide bonds. The van der Waals surface area contributed by atoms with E-state index >= 15 is 0 Å². The number of benzene rings is 3. The third-order valence-corrected chi connectivity index (χ3v) is 6.76. The van der Waals surface area contributed by atoms with Gasteiger partial charge in [-0.05, 0) is 16.7 Å². The summed E-state index contributed by atoms with van der Waals surface area (Å²) in [5, 5.41) is 0. The maximum atomic E-state index is 6.48. The minimum absolute atomic E-state index is 0.279. The summed E-state index contributed by atoms with van der Waals surface area (Å²) < 4.78 is 25.5. The molecule has 36 heavy (non-hydrogen) atoms.